The summed E-state index contributed by atoms with van der Waals surface area (Å²) in [4.78, 5) is 0. The molecule has 0 amide bonds. The molecule has 0 radical (unpaired) electrons. The molecule has 0 spiro atoms. The lowest BCUT2D eigenvalue weighted by molar-refractivity contribution is 0.466. The molecule has 0 heterocycles. The molecule has 0 aromatic heterocycles. The second-order valence-corrected chi connectivity index (χ2v) is 3.50. The van der Waals surface area contributed by atoms with E-state index in [9.17, 15) is 12.3 Å². The van der Waals surface area contributed by atoms with Gasteiger partial charge in [0.2, 0.25) is 0 Å². The fourth-order valence-electron chi connectivity index (χ4n) is 0.283. The van der Waals surface area contributed by atoms with E-state index in [1.54, 1.807) is 13.0 Å². The quantitative estimate of drug-likeness (QED) is 0.338. The van der Waals surface area contributed by atoms with Gasteiger partial charge in [0.15, 0.2) is 0 Å². The van der Waals surface area contributed by atoms with Gasteiger partial charge < -0.3 is 0 Å². The Morgan fingerprint density at radius 2 is 1.70 bits per heavy atom. The van der Waals surface area contributed by atoms with Crippen LogP contribution < -0.4 is 0 Å². The van der Waals surface area contributed by atoms with Crippen LogP contribution in [0.5, 0.6) is 0 Å². The smallest absolute Gasteiger partial charge is 0.238 e. The number of allylic oxidation sites excluding steroid dienone is 1. The van der Waals surface area contributed by atoms with Crippen LogP contribution in [0.4, 0.5) is 12.3 Å². The van der Waals surface area contributed by atoms with Crippen molar-refractivity contribution in [3.05, 3.63) is 12.7 Å². The van der Waals surface area contributed by atoms with E-state index >= 15 is 0 Å². The lowest BCUT2D eigenvalue weighted by Crippen LogP contribution is -2.12. The van der Waals surface area contributed by atoms with Crippen molar-refractivity contribution in [2.24, 2.45) is 0 Å². The average Bonchev–Trinajstić information content (AvgIpc) is 1.63. The Balaban J connectivity index is 0. The van der Waals surface area contributed by atoms with Crippen LogP contribution >= 0.6 is 0 Å². The molecule has 0 saturated heterocycles. The molecule has 0 bridgehead atoms. The summed E-state index contributed by atoms with van der Waals surface area (Å²) in [6, 6.07) is -0.521. The van der Waals surface area contributed by atoms with E-state index in [0.29, 0.717) is 0 Å². The number of rotatable bonds is 2. The van der Waals surface area contributed by atoms with Gasteiger partial charge in [-0.1, -0.05) is 19.4 Å². The molecule has 0 fully saturated rings. The van der Waals surface area contributed by atoms with Crippen molar-refractivity contribution >= 4 is 9.08 Å². The molecule has 0 atom stereocenters. The minimum atomic E-state index is -5.16. The van der Waals surface area contributed by atoms with Crippen LogP contribution in [0.15, 0.2) is 12.7 Å². The second kappa shape index (κ2) is 6.86. The Morgan fingerprint density at radius 1 is 1.40 bits per heavy atom. The average molecular weight is 170 g/mol. The molecule has 0 nitrogen and oxygen atoms in total. The summed E-state index contributed by atoms with van der Waals surface area (Å²) in [5.74, 6) is 0. The molecule has 0 saturated carbocycles. The number of hydrogen-bond acceptors (Lipinski definition) is 0. The predicted octanol–water partition coefficient (Wildman–Crippen LogP) is 3.44. The summed E-state index contributed by atoms with van der Waals surface area (Å²) in [5, 5.41) is 0. The molecule has 0 aromatic rings. The van der Waals surface area contributed by atoms with E-state index in [1.165, 1.54) is 0 Å². The van der Waals surface area contributed by atoms with Crippen molar-refractivity contribution in [3.8, 4) is 0 Å². The van der Waals surface area contributed by atoms with Crippen LogP contribution in [0, 0.1) is 0 Å². The van der Waals surface area contributed by atoms with Crippen LogP contribution in [0.2, 0.25) is 6.04 Å². The predicted molar refractivity (Wildman–Crippen MR) is 40.0 cm³/mol. The van der Waals surface area contributed by atoms with Crippen LogP contribution in [-0.4, -0.2) is 9.08 Å². The molecule has 0 aliphatic rings. The second-order valence-electron chi connectivity index (χ2n) is 1.77. The summed E-state index contributed by atoms with van der Waals surface area (Å²) < 4.78 is 33.6. The molecular weight excluding hydrogens is 157 g/mol. The van der Waals surface area contributed by atoms with Gasteiger partial charge in [0, 0.05) is 6.04 Å². The van der Waals surface area contributed by atoms with Gasteiger partial charge in [-0.15, -0.1) is 6.58 Å². The molecule has 0 aliphatic heterocycles. The zero-order valence-electron chi connectivity index (χ0n) is 6.33. The van der Waals surface area contributed by atoms with Crippen molar-refractivity contribution in [1.82, 2.24) is 0 Å². The van der Waals surface area contributed by atoms with Gasteiger partial charge >= 0.3 is 9.08 Å². The summed E-state index contributed by atoms with van der Waals surface area (Å²) in [7, 11) is -5.16. The maximum Gasteiger partial charge on any atom is 0.616 e. The topological polar surface area (TPSA) is 0 Å². The summed E-state index contributed by atoms with van der Waals surface area (Å²) in [5.41, 5.74) is 0. The lowest BCUT2D eigenvalue weighted by Gasteiger charge is -1.94. The van der Waals surface area contributed by atoms with Gasteiger partial charge in [0.25, 0.3) is 0 Å². The Bertz CT molecular complexity index is 77.6. The highest BCUT2D eigenvalue weighted by atomic mass is 28.5. The van der Waals surface area contributed by atoms with Gasteiger partial charge in [0.05, 0.1) is 0 Å². The van der Waals surface area contributed by atoms with E-state index in [2.05, 4.69) is 6.58 Å². The SMILES string of the molecule is C=CC.CCC[Si](F)(F)F. The third-order valence-electron chi connectivity index (χ3n) is 0.533. The first-order valence-corrected chi connectivity index (χ1v) is 4.95. The molecule has 0 unspecified atom stereocenters. The minimum absolute atomic E-state index is 0.246. The van der Waals surface area contributed by atoms with E-state index in [0.717, 1.165) is 0 Å². The van der Waals surface area contributed by atoms with Crippen molar-refractivity contribution < 1.29 is 12.3 Å². The molecule has 0 N–H and O–H groups in total. The van der Waals surface area contributed by atoms with E-state index < -0.39 is 15.1 Å². The Labute approximate surface area is 61.3 Å². The van der Waals surface area contributed by atoms with Gasteiger partial charge in [-0.2, -0.15) is 0 Å². The van der Waals surface area contributed by atoms with Gasteiger partial charge in [-0.25, -0.2) is 12.3 Å². The fourth-order valence-corrected chi connectivity index (χ4v) is 0.850. The number of halogens is 3. The minimum Gasteiger partial charge on any atom is -0.238 e. The van der Waals surface area contributed by atoms with Crippen LogP contribution in [0.25, 0.3) is 0 Å². The molecule has 4 heteroatoms. The first-order valence-electron chi connectivity index (χ1n) is 3.11. The van der Waals surface area contributed by atoms with Crippen LogP contribution in [0.3, 0.4) is 0 Å². The molecule has 0 aliphatic carbocycles. The summed E-state index contributed by atoms with van der Waals surface area (Å²) in [6.45, 7) is 6.79. The zero-order chi connectivity index (χ0) is 8.62. The van der Waals surface area contributed by atoms with Gasteiger partial charge in [-0.05, 0) is 6.92 Å². The Kier molecular flexibility index (Phi) is 8.53. The van der Waals surface area contributed by atoms with Crippen LogP contribution in [-0.2, 0) is 0 Å². The fraction of sp³-hybridized carbons (Fsp3) is 0.667. The normalized spacial score (nSPS) is 9.70. The first kappa shape index (κ1) is 12.4. The monoisotopic (exact) mass is 170 g/mol. The number of hydrogen-bond donors (Lipinski definition) is 0. The van der Waals surface area contributed by atoms with Gasteiger partial charge in [0.1, 0.15) is 0 Å². The van der Waals surface area contributed by atoms with Crippen molar-refractivity contribution in [2.75, 3.05) is 0 Å². The maximum absolute atomic E-state index is 11.2. The first-order chi connectivity index (χ1) is 4.47. The maximum atomic E-state index is 11.2. The highest BCUT2D eigenvalue weighted by Crippen LogP contribution is 2.15. The highest BCUT2D eigenvalue weighted by Gasteiger charge is 2.34. The third-order valence-corrected chi connectivity index (χ3v) is 1.60. The largest absolute Gasteiger partial charge is 0.616 e. The Morgan fingerprint density at radius 3 is 1.70 bits per heavy atom. The molecule has 10 heavy (non-hydrogen) atoms. The van der Waals surface area contributed by atoms with Crippen molar-refractivity contribution in [3.63, 3.8) is 0 Å². The Hall–Kier alpha value is -0.253. The zero-order valence-corrected chi connectivity index (χ0v) is 7.33. The molecule has 62 valence electrons. The third kappa shape index (κ3) is 25.1. The molecule has 0 aromatic carbocycles. The summed E-state index contributed by atoms with van der Waals surface area (Å²) >= 11 is 0. The summed E-state index contributed by atoms with van der Waals surface area (Å²) in [6.07, 6.45) is 2.00. The van der Waals surface area contributed by atoms with Crippen molar-refractivity contribution in [2.45, 2.75) is 26.3 Å². The molecule has 0 rings (SSSR count). The standard InChI is InChI=1S/C3H7F3Si.C3H6/c1-2-3-7(4,5)6;1-3-2/h2-3H2,1H3;3H,1H2,2H3. The van der Waals surface area contributed by atoms with E-state index in [4.69, 9.17) is 0 Å². The highest BCUT2D eigenvalue weighted by molar-refractivity contribution is 6.58. The molecular formula is C6H13F3Si. The van der Waals surface area contributed by atoms with E-state index in [1.807, 2.05) is 6.92 Å². The van der Waals surface area contributed by atoms with Crippen molar-refractivity contribution in [1.29, 1.82) is 0 Å². The lowest BCUT2D eigenvalue weighted by atomic mass is 10.6. The van der Waals surface area contributed by atoms with Crippen LogP contribution in [0.1, 0.15) is 20.3 Å². The van der Waals surface area contributed by atoms with Gasteiger partial charge in [-0.3, -0.25) is 0 Å². The van der Waals surface area contributed by atoms with E-state index in [-0.39, 0.29) is 6.42 Å².